The molecule has 2 rings (SSSR count). The second kappa shape index (κ2) is 8.57. The number of phenols is 1. The first kappa shape index (κ1) is 18.1. The van der Waals surface area contributed by atoms with Gasteiger partial charge >= 0.3 is 0 Å². The molecule has 0 aromatic heterocycles. The normalized spacial score (nSPS) is 11.2. The smallest absolute Gasteiger partial charge is 0.277 e. The van der Waals surface area contributed by atoms with Gasteiger partial charge in [-0.05, 0) is 36.8 Å². The van der Waals surface area contributed by atoms with Crippen LogP contribution in [0.15, 0.2) is 47.6 Å². The van der Waals surface area contributed by atoms with Gasteiger partial charge in [0.15, 0.2) is 6.61 Å². The van der Waals surface area contributed by atoms with Crippen LogP contribution in [0.2, 0.25) is 10.0 Å². The average molecular weight is 367 g/mol. The van der Waals surface area contributed by atoms with Gasteiger partial charge in [0.05, 0.1) is 10.7 Å². The third kappa shape index (κ3) is 4.88. The number of rotatable bonds is 6. The lowest BCUT2D eigenvalue weighted by atomic mass is 10.1. The van der Waals surface area contributed by atoms with Crippen molar-refractivity contribution in [1.82, 2.24) is 5.43 Å². The van der Waals surface area contributed by atoms with E-state index in [1.807, 2.05) is 6.92 Å². The van der Waals surface area contributed by atoms with Gasteiger partial charge in [-0.15, -0.1) is 0 Å². The fraction of sp³-hybridized carbons (Fsp3) is 0.176. The van der Waals surface area contributed by atoms with Crippen molar-refractivity contribution in [2.75, 3.05) is 6.61 Å². The standard InChI is InChI=1S/C17H16Cl2N2O3/c1-2-14(12-5-3-4-6-15(12)22)20-21-17(23)10-24-16-8-7-11(18)9-13(16)19/h3-9,22H,2,10H2,1H3,(H,21,23). The Morgan fingerprint density at radius 2 is 2.00 bits per heavy atom. The van der Waals surface area contributed by atoms with E-state index in [0.717, 1.165) is 0 Å². The van der Waals surface area contributed by atoms with E-state index in [1.165, 1.54) is 6.07 Å². The molecule has 0 spiro atoms. The van der Waals surface area contributed by atoms with E-state index in [9.17, 15) is 9.90 Å². The molecule has 2 aromatic carbocycles. The molecule has 0 unspecified atom stereocenters. The van der Waals surface area contributed by atoms with E-state index >= 15 is 0 Å². The number of nitrogens with zero attached hydrogens (tertiary/aromatic N) is 1. The maximum Gasteiger partial charge on any atom is 0.277 e. The van der Waals surface area contributed by atoms with Crippen LogP contribution in [0, 0.1) is 0 Å². The Morgan fingerprint density at radius 3 is 2.67 bits per heavy atom. The van der Waals surface area contributed by atoms with Crippen molar-refractivity contribution in [3.63, 3.8) is 0 Å². The van der Waals surface area contributed by atoms with E-state index in [4.69, 9.17) is 27.9 Å². The molecule has 5 nitrogen and oxygen atoms in total. The van der Waals surface area contributed by atoms with Gasteiger partial charge in [0.1, 0.15) is 11.5 Å². The highest BCUT2D eigenvalue weighted by atomic mass is 35.5. The molecule has 7 heteroatoms. The minimum Gasteiger partial charge on any atom is -0.507 e. The molecule has 0 atom stereocenters. The van der Waals surface area contributed by atoms with Crippen LogP contribution < -0.4 is 10.2 Å². The molecule has 0 saturated heterocycles. The summed E-state index contributed by atoms with van der Waals surface area (Å²) in [7, 11) is 0. The number of amides is 1. The summed E-state index contributed by atoms with van der Waals surface area (Å²) in [6.45, 7) is 1.63. The largest absolute Gasteiger partial charge is 0.507 e. The first-order valence-electron chi connectivity index (χ1n) is 7.23. The Morgan fingerprint density at radius 1 is 1.25 bits per heavy atom. The molecule has 126 valence electrons. The molecular weight excluding hydrogens is 351 g/mol. The van der Waals surface area contributed by atoms with Crippen LogP contribution in [0.1, 0.15) is 18.9 Å². The van der Waals surface area contributed by atoms with Crippen LogP contribution in [0.3, 0.4) is 0 Å². The summed E-state index contributed by atoms with van der Waals surface area (Å²) in [5.74, 6) is 0.0237. The number of para-hydroxylation sites is 1. The van der Waals surface area contributed by atoms with E-state index in [0.29, 0.717) is 33.5 Å². The lowest BCUT2D eigenvalue weighted by molar-refractivity contribution is -0.123. The first-order chi connectivity index (χ1) is 11.5. The summed E-state index contributed by atoms with van der Waals surface area (Å²) < 4.78 is 5.33. The number of hydrogen-bond acceptors (Lipinski definition) is 4. The lowest BCUT2D eigenvalue weighted by Gasteiger charge is -2.09. The fourth-order valence-corrected chi connectivity index (χ4v) is 2.41. The fourth-order valence-electron chi connectivity index (χ4n) is 1.95. The number of hydrogen-bond donors (Lipinski definition) is 2. The molecule has 0 aliphatic carbocycles. The van der Waals surface area contributed by atoms with Crippen LogP contribution in [0.4, 0.5) is 0 Å². The number of nitrogens with one attached hydrogen (secondary N) is 1. The van der Waals surface area contributed by atoms with Crippen LogP contribution in [0.25, 0.3) is 0 Å². The van der Waals surface area contributed by atoms with Gasteiger partial charge in [-0.1, -0.05) is 42.3 Å². The quantitative estimate of drug-likeness (QED) is 0.599. The molecule has 24 heavy (non-hydrogen) atoms. The van der Waals surface area contributed by atoms with Crippen molar-refractivity contribution in [3.8, 4) is 11.5 Å². The number of phenolic OH excluding ortho intramolecular Hbond substituents is 1. The van der Waals surface area contributed by atoms with Crippen LogP contribution in [-0.2, 0) is 4.79 Å². The molecule has 1 amide bonds. The molecule has 0 saturated carbocycles. The third-order valence-electron chi connectivity index (χ3n) is 3.12. The Labute approximate surface area is 149 Å². The number of hydrazone groups is 1. The molecule has 0 radical (unpaired) electrons. The zero-order valence-electron chi connectivity index (χ0n) is 12.9. The molecule has 0 heterocycles. The molecular formula is C17H16Cl2N2O3. The summed E-state index contributed by atoms with van der Waals surface area (Å²) in [6.07, 6.45) is 0.543. The summed E-state index contributed by atoms with van der Waals surface area (Å²) in [4.78, 5) is 11.9. The van der Waals surface area contributed by atoms with Gasteiger partial charge in [0.25, 0.3) is 5.91 Å². The predicted octanol–water partition coefficient (Wildman–Crippen LogP) is 4.01. The third-order valence-corrected chi connectivity index (χ3v) is 3.65. The summed E-state index contributed by atoms with van der Waals surface area (Å²) in [5.41, 5.74) is 3.54. The maximum absolute atomic E-state index is 11.9. The summed E-state index contributed by atoms with van der Waals surface area (Å²) >= 11 is 11.8. The zero-order valence-corrected chi connectivity index (χ0v) is 14.4. The van der Waals surface area contributed by atoms with Crippen LogP contribution in [0.5, 0.6) is 11.5 Å². The second-order valence-electron chi connectivity index (χ2n) is 4.83. The monoisotopic (exact) mass is 366 g/mol. The molecule has 2 N–H and O–H groups in total. The van der Waals surface area contributed by atoms with E-state index in [1.54, 1.807) is 36.4 Å². The molecule has 2 aromatic rings. The average Bonchev–Trinajstić information content (AvgIpc) is 2.56. The number of ether oxygens (including phenoxy) is 1. The molecule has 0 aliphatic rings. The zero-order chi connectivity index (χ0) is 17.5. The van der Waals surface area contributed by atoms with E-state index in [-0.39, 0.29) is 12.4 Å². The van der Waals surface area contributed by atoms with Gasteiger partial charge in [-0.2, -0.15) is 5.10 Å². The van der Waals surface area contributed by atoms with E-state index < -0.39 is 5.91 Å². The minimum atomic E-state index is -0.442. The van der Waals surface area contributed by atoms with Gasteiger partial charge in [0.2, 0.25) is 0 Å². The molecule has 0 aliphatic heterocycles. The van der Waals surface area contributed by atoms with Crippen molar-refractivity contribution >= 4 is 34.8 Å². The van der Waals surface area contributed by atoms with Gasteiger partial charge in [-0.3, -0.25) is 4.79 Å². The number of benzene rings is 2. The number of carbonyl (C=O) groups excluding carboxylic acids is 1. The predicted molar refractivity (Wildman–Crippen MR) is 95.0 cm³/mol. The maximum atomic E-state index is 11.9. The Hall–Kier alpha value is -2.24. The van der Waals surface area contributed by atoms with Crippen LogP contribution in [-0.4, -0.2) is 23.3 Å². The van der Waals surface area contributed by atoms with Gasteiger partial charge in [-0.25, -0.2) is 5.43 Å². The highest BCUT2D eigenvalue weighted by molar-refractivity contribution is 6.35. The van der Waals surface area contributed by atoms with Crippen molar-refractivity contribution in [2.24, 2.45) is 5.10 Å². The molecule has 0 bridgehead atoms. The number of carbonyl (C=O) groups is 1. The minimum absolute atomic E-state index is 0.108. The SMILES string of the molecule is CCC(=NNC(=O)COc1ccc(Cl)cc1Cl)c1ccccc1O. The highest BCUT2D eigenvalue weighted by Crippen LogP contribution is 2.27. The van der Waals surface area contributed by atoms with Gasteiger partial charge < -0.3 is 9.84 Å². The number of halogens is 2. The highest BCUT2D eigenvalue weighted by Gasteiger charge is 2.09. The number of aromatic hydroxyl groups is 1. The van der Waals surface area contributed by atoms with Crippen molar-refractivity contribution < 1.29 is 14.6 Å². The van der Waals surface area contributed by atoms with Crippen molar-refractivity contribution in [2.45, 2.75) is 13.3 Å². The Bertz CT molecular complexity index is 763. The first-order valence-corrected chi connectivity index (χ1v) is 7.98. The van der Waals surface area contributed by atoms with Gasteiger partial charge in [0, 0.05) is 10.6 Å². The van der Waals surface area contributed by atoms with Crippen molar-refractivity contribution in [3.05, 3.63) is 58.1 Å². The lowest BCUT2D eigenvalue weighted by Crippen LogP contribution is -2.26. The summed E-state index contributed by atoms with van der Waals surface area (Å²) in [6, 6.07) is 11.5. The van der Waals surface area contributed by atoms with E-state index in [2.05, 4.69) is 10.5 Å². The molecule has 0 fully saturated rings. The Kier molecular flexibility index (Phi) is 6.46. The Balaban J connectivity index is 1.97. The van der Waals surface area contributed by atoms with Crippen LogP contribution >= 0.6 is 23.2 Å². The topological polar surface area (TPSA) is 70.9 Å². The second-order valence-corrected chi connectivity index (χ2v) is 5.67. The van der Waals surface area contributed by atoms with Crippen molar-refractivity contribution in [1.29, 1.82) is 0 Å². The summed E-state index contributed by atoms with van der Waals surface area (Å²) in [5, 5.41) is 14.7.